The third-order valence-corrected chi connectivity index (χ3v) is 2.68. The molecule has 1 atom stereocenters. The Kier molecular flexibility index (Phi) is 2.33. The first-order valence-corrected chi connectivity index (χ1v) is 4.76. The fraction of sp³-hybridized carbons (Fsp3) is 0.667. The van der Waals surface area contributed by atoms with Gasteiger partial charge in [0.2, 0.25) is 0 Å². The van der Waals surface area contributed by atoms with Crippen molar-refractivity contribution in [2.24, 2.45) is 5.73 Å². The van der Waals surface area contributed by atoms with E-state index < -0.39 is 0 Å². The molecule has 0 spiro atoms. The topological polar surface area (TPSA) is 55.9 Å². The molecule has 72 valence electrons. The van der Waals surface area contributed by atoms with Crippen LogP contribution < -0.4 is 11.1 Å². The summed E-state index contributed by atoms with van der Waals surface area (Å²) in [7, 11) is 0. The summed E-state index contributed by atoms with van der Waals surface area (Å²) >= 11 is 0. The minimum atomic E-state index is 0.418. The lowest BCUT2D eigenvalue weighted by atomic mass is 10.1. The Bertz CT molecular complexity index is 258. The Hall–Kier alpha value is -0.870. The first-order chi connectivity index (χ1) is 6.31. The van der Waals surface area contributed by atoms with Gasteiger partial charge in [-0.1, -0.05) is 6.92 Å². The van der Waals surface area contributed by atoms with E-state index in [2.05, 4.69) is 23.5 Å². The van der Waals surface area contributed by atoms with Crippen molar-refractivity contribution in [3.63, 3.8) is 0 Å². The van der Waals surface area contributed by atoms with E-state index in [1.165, 1.54) is 5.56 Å². The van der Waals surface area contributed by atoms with Crippen LogP contribution in [0.1, 0.15) is 24.4 Å². The molecule has 1 fully saturated rings. The summed E-state index contributed by atoms with van der Waals surface area (Å²) in [4.78, 5) is 0. The molecule has 0 radical (unpaired) electrons. The third-order valence-electron chi connectivity index (χ3n) is 2.68. The summed E-state index contributed by atoms with van der Waals surface area (Å²) in [6.07, 6.45) is 4.04. The van der Waals surface area contributed by atoms with Gasteiger partial charge in [0.25, 0.3) is 0 Å². The predicted molar refractivity (Wildman–Crippen MR) is 51.6 cm³/mol. The molecule has 2 heterocycles. The molecule has 2 rings (SSSR count). The fourth-order valence-electron chi connectivity index (χ4n) is 1.40. The van der Waals surface area contributed by atoms with Crippen molar-refractivity contribution in [1.29, 1.82) is 0 Å². The van der Waals surface area contributed by atoms with Gasteiger partial charge in [-0.15, -0.1) is 0 Å². The second kappa shape index (κ2) is 3.47. The predicted octanol–water partition coefficient (Wildman–Crippen LogP) is 0.0896. The molecule has 0 amide bonds. The van der Waals surface area contributed by atoms with Crippen molar-refractivity contribution in [2.75, 3.05) is 19.6 Å². The Morgan fingerprint density at radius 3 is 3.08 bits per heavy atom. The van der Waals surface area contributed by atoms with Gasteiger partial charge < -0.3 is 11.1 Å². The Morgan fingerprint density at radius 2 is 2.54 bits per heavy atom. The van der Waals surface area contributed by atoms with E-state index in [-0.39, 0.29) is 0 Å². The average Bonchev–Trinajstić information content (AvgIpc) is 2.49. The molecule has 0 aromatic carbocycles. The van der Waals surface area contributed by atoms with E-state index in [9.17, 15) is 0 Å². The lowest BCUT2D eigenvalue weighted by Crippen LogP contribution is -2.43. The number of nitrogens with one attached hydrogen (secondary N) is 1. The van der Waals surface area contributed by atoms with E-state index in [0.29, 0.717) is 18.5 Å². The van der Waals surface area contributed by atoms with Gasteiger partial charge in [-0.3, -0.25) is 4.68 Å². The van der Waals surface area contributed by atoms with Gasteiger partial charge in [-0.05, 0) is 18.0 Å². The van der Waals surface area contributed by atoms with Crippen LogP contribution in [0.25, 0.3) is 0 Å². The second-order valence-electron chi connectivity index (χ2n) is 3.70. The largest absolute Gasteiger partial charge is 0.330 e. The normalized spacial score (nSPS) is 19.8. The second-order valence-corrected chi connectivity index (χ2v) is 3.70. The molecule has 0 saturated carbocycles. The van der Waals surface area contributed by atoms with Crippen LogP contribution in [0.5, 0.6) is 0 Å². The highest BCUT2D eigenvalue weighted by atomic mass is 15.3. The van der Waals surface area contributed by atoms with Gasteiger partial charge in [0.15, 0.2) is 0 Å². The number of hydrogen-bond donors (Lipinski definition) is 2. The molecule has 3 N–H and O–H groups in total. The number of nitrogens with zero attached hydrogens (tertiary/aromatic N) is 2. The number of aromatic nitrogens is 2. The zero-order valence-electron chi connectivity index (χ0n) is 7.90. The lowest BCUT2D eigenvalue weighted by Gasteiger charge is -2.27. The molecule has 1 saturated heterocycles. The average molecular weight is 180 g/mol. The lowest BCUT2D eigenvalue weighted by molar-refractivity contribution is 0.318. The van der Waals surface area contributed by atoms with Crippen LogP contribution in [-0.4, -0.2) is 29.4 Å². The summed E-state index contributed by atoms with van der Waals surface area (Å²) in [6, 6.07) is 0.554. The van der Waals surface area contributed by atoms with Crippen LogP contribution >= 0.6 is 0 Å². The monoisotopic (exact) mass is 180 g/mol. The summed E-state index contributed by atoms with van der Waals surface area (Å²) in [5, 5.41) is 7.55. The van der Waals surface area contributed by atoms with Crippen LogP contribution in [0.4, 0.5) is 0 Å². The summed E-state index contributed by atoms with van der Waals surface area (Å²) < 4.78 is 2.04. The van der Waals surface area contributed by atoms with E-state index in [0.717, 1.165) is 13.1 Å². The zero-order valence-corrected chi connectivity index (χ0v) is 7.90. The van der Waals surface area contributed by atoms with Gasteiger partial charge >= 0.3 is 0 Å². The summed E-state index contributed by atoms with van der Waals surface area (Å²) in [5.74, 6) is 0.418. The van der Waals surface area contributed by atoms with E-state index >= 15 is 0 Å². The van der Waals surface area contributed by atoms with Gasteiger partial charge in [0.1, 0.15) is 0 Å². The van der Waals surface area contributed by atoms with Gasteiger partial charge in [-0.25, -0.2) is 0 Å². The van der Waals surface area contributed by atoms with Gasteiger partial charge in [0, 0.05) is 19.3 Å². The Balaban J connectivity index is 2.08. The van der Waals surface area contributed by atoms with Gasteiger partial charge in [0.05, 0.1) is 12.2 Å². The molecule has 0 bridgehead atoms. The molecular formula is C9H16N4. The molecule has 0 aliphatic carbocycles. The van der Waals surface area contributed by atoms with Crippen molar-refractivity contribution in [3.8, 4) is 0 Å². The molecular weight excluding hydrogens is 164 g/mol. The van der Waals surface area contributed by atoms with Crippen molar-refractivity contribution in [2.45, 2.75) is 18.9 Å². The first-order valence-electron chi connectivity index (χ1n) is 4.76. The molecule has 4 heteroatoms. The highest BCUT2D eigenvalue weighted by Gasteiger charge is 2.19. The van der Waals surface area contributed by atoms with Crippen LogP contribution in [0.15, 0.2) is 12.4 Å². The molecule has 4 nitrogen and oxygen atoms in total. The van der Waals surface area contributed by atoms with Crippen LogP contribution in [0.2, 0.25) is 0 Å². The minimum Gasteiger partial charge on any atom is -0.330 e. The number of hydrogen-bond acceptors (Lipinski definition) is 3. The molecule has 13 heavy (non-hydrogen) atoms. The maximum atomic E-state index is 5.59. The van der Waals surface area contributed by atoms with Crippen molar-refractivity contribution < 1.29 is 0 Å². The highest BCUT2D eigenvalue weighted by molar-refractivity contribution is 5.11. The van der Waals surface area contributed by atoms with Crippen LogP contribution in [-0.2, 0) is 0 Å². The Labute approximate surface area is 78.1 Å². The highest BCUT2D eigenvalue weighted by Crippen LogP contribution is 2.16. The quantitative estimate of drug-likeness (QED) is 0.693. The molecule has 1 aliphatic heterocycles. The Morgan fingerprint density at radius 1 is 1.77 bits per heavy atom. The number of nitrogens with two attached hydrogens (primary N) is 1. The zero-order chi connectivity index (χ0) is 9.26. The van der Waals surface area contributed by atoms with E-state index in [1.807, 2.05) is 10.9 Å². The minimum absolute atomic E-state index is 0.418. The van der Waals surface area contributed by atoms with E-state index in [4.69, 9.17) is 5.73 Å². The first kappa shape index (κ1) is 8.72. The SMILES string of the molecule is CC(CN)c1cnn(C2CNC2)c1. The molecule has 1 aromatic heterocycles. The van der Waals surface area contributed by atoms with Crippen molar-refractivity contribution in [3.05, 3.63) is 18.0 Å². The van der Waals surface area contributed by atoms with Crippen LogP contribution in [0, 0.1) is 0 Å². The summed E-state index contributed by atoms with van der Waals surface area (Å²) in [5.41, 5.74) is 6.83. The molecule has 1 aromatic rings. The maximum Gasteiger partial charge on any atom is 0.0767 e. The smallest absolute Gasteiger partial charge is 0.0767 e. The molecule has 1 aliphatic rings. The fourth-order valence-corrected chi connectivity index (χ4v) is 1.40. The summed E-state index contributed by atoms with van der Waals surface area (Å²) in [6.45, 7) is 4.89. The maximum absolute atomic E-state index is 5.59. The van der Waals surface area contributed by atoms with Gasteiger partial charge in [-0.2, -0.15) is 5.10 Å². The van der Waals surface area contributed by atoms with E-state index in [1.54, 1.807) is 0 Å². The van der Waals surface area contributed by atoms with Crippen LogP contribution in [0.3, 0.4) is 0 Å². The molecule has 1 unspecified atom stereocenters. The standard InChI is InChI=1S/C9H16N4/c1-7(2-10)8-3-12-13(6-8)9-4-11-5-9/h3,6-7,9,11H,2,4-5,10H2,1H3. The number of rotatable bonds is 3. The van der Waals surface area contributed by atoms with Crippen molar-refractivity contribution >= 4 is 0 Å². The van der Waals surface area contributed by atoms with Crippen molar-refractivity contribution in [1.82, 2.24) is 15.1 Å². The third kappa shape index (κ3) is 1.59.